The van der Waals surface area contributed by atoms with Crippen LogP contribution in [0.3, 0.4) is 0 Å². The van der Waals surface area contributed by atoms with Crippen molar-refractivity contribution in [3.63, 3.8) is 0 Å². The Morgan fingerprint density at radius 3 is 2.75 bits per heavy atom. The van der Waals surface area contributed by atoms with Crippen LogP contribution in [0.1, 0.15) is 37.7 Å². The molecule has 1 N–H and O–H groups in total. The first-order chi connectivity index (χ1) is 9.49. The van der Waals surface area contributed by atoms with Crippen LogP contribution in [0.2, 0.25) is 5.02 Å². The maximum absolute atomic E-state index is 12.2. The molecule has 1 aliphatic carbocycles. The predicted molar refractivity (Wildman–Crippen MR) is 82.5 cm³/mol. The molecule has 0 saturated heterocycles. The molecule has 0 heterocycles. The highest BCUT2D eigenvalue weighted by Crippen LogP contribution is 2.21. The standard InChI is InChI=1S/C15H20ClNO2S/c1-12-11-14(7-8-15(12)16)20(18,19)17-10-9-13-5-3-2-4-6-13/h5,7-8,11,17H,2-4,6,9-10H2,1H3. The van der Waals surface area contributed by atoms with Gasteiger partial charge in [-0.15, -0.1) is 0 Å². The Labute approximate surface area is 126 Å². The van der Waals surface area contributed by atoms with Crippen LogP contribution in [-0.2, 0) is 10.0 Å². The summed E-state index contributed by atoms with van der Waals surface area (Å²) in [6, 6.07) is 4.76. The summed E-state index contributed by atoms with van der Waals surface area (Å²) in [5.41, 5.74) is 2.13. The summed E-state index contributed by atoms with van der Waals surface area (Å²) < 4.78 is 27.0. The molecule has 1 aromatic rings. The SMILES string of the molecule is Cc1cc(S(=O)(=O)NCCC2=CCCCC2)ccc1Cl. The minimum Gasteiger partial charge on any atom is -0.211 e. The molecule has 0 amide bonds. The second-order valence-electron chi connectivity index (χ2n) is 5.17. The summed E-state index contributed by atoms with van der Waals surface area (Å²) in [7, 11) is -3.44. The monoisotopic (exact) mass is 313 g/mol. The number of hydrogen-bond donors (Lipinski definition) is 1. The van der Waals surface area contributed by atoms with E-state index in [4.69, 9.17) is 11.6 Å². The molecule has 0 bridgehead atoms. The topological polar surface area (TPSA) is 46.2 Å². The quantitative estimate of drug-likeness (QED) is 0.840. The largest absolute Gasteiger partial charge is 0.240 e. The Hall–Kier alpha value is -0.840. The van der Waals surface area contributed by atoms with Crippen molar-refractivity contribution in [3.05, 3.63) is 40.4 Å². The van der Waals surface area contributed by atoms with Crippen LogP contribution in [0.25, 0.3) is 0 Å². The van der Waals surface area contributed by atoms with Crippen molar-refractivity contribution < 1.29 is 8.42 Å². The summed E-state index contributed by atoms with van der Waals surface area (Å²) in [6.45, 7) is 2.25. The maximum Gasteiger partial charge on any atom is 0.240 e. The first kappa shape index (κ1) is 15.5. The maximum atomic E-state index is 12.2. The molecule has 3 nitrogen and oxygen atoms in total. The fraction of sp³-hybridized carbons (Fsp3) is 0.467. The summed E-state index contributed by atoms with van der Waals surface area (Å²) in [5.74, 6) is 0. The minimum absolute atomic E-state index is 0.275. The molecule has 0 fully saturated rings. The van der Waals surface area contributed by atoms with Gasteiger partial charge in [-0.05, 0) is 62.8 Å². The van der Waals surface area contributed by atoms with Crippen molar-refractivity contribution in [1.82, 2.24) is 4.72 Å². The fourth-order valence-electron chi connectivity index (χ4n) is 2.35. The van der Waals surface area contributed by atoms with E-state index < -0.39 is 10.0 Å². The normalized spacial score (nSPS) is 16.0. The van der Waals surface area contributed by atoms with Gasteiger partial charge in [-0.3, -0.25) is 0 Å². The number of halogens is 1. The summed E-state index contributed by atoms with van der Waals surface area (Å²) in [5, 5.41) is 0.580. The molecular weight excluding hydrogens is 294 g/mol. The smallest absolute Gasteiger partial charge is 0.211 e. The minimum atomic E-state index is -3.44. The Morgan fingerprint density at radius 1 is 1.30 bits per heavy atom. The van der Waals surface area contributed by atoms with Gasteiger partial charge in [0.2, 0.25) is 10.0 Å². The van der Waals surface area contributed by atoms with E-state index in [0.717, 1.165) is 24.8 Å². The van der Waals surface area contributed by atoms with Crippen LogP contribution < -0.4 is 4.72 Å². The van der Waals surface area contributed by atoms with E-state index >= 15 is 0 Å². The number of nitrogens with one attached hydrogen (secondary N) is 1. The second-order valence-corrected chi connectivity index (χ2v) is 7.34. The van der Waals surface area contributed by atoms with Crippen molar-refractivity contribution >= 4 is 21.6 Å². The Morgan fingerprint density at radius 2 is 2.10 bits per heavy atom. The average Bonchev–Trinajstić information content (AvgIpc) is 2.43. The lowest BCUT2D eigenvalue weighted by Gasteiger charge is -2.13. The van der Waals surface area contributed by atoms with Gasteiger partial charge in [-0.1, -0.05) is 23.3 Å². The predicted octanol–water partition coefficient (Wildman–Crippen LogP) is 3.82. The lowest BCUT2D eigenvalue weighted by molar-refractivity contribution is 0.579. The molecule has 2 rings (SSSR count). The zero-order chi connectivity index (χ0) is 14.6. The van der Waals surface area contributed by atoms with Crippen molar-refractivity contribution in [3.8, 4) is 0 Å². The van der Waals surface area contributed by atoms with Crippen LogP contribution >= 0.6 is 11.6 Å². The zero-order valence-electron chi connectivity index (χ0n) is 11.7. The number of allylic oxidation sites excluding steroid dienone is 1. The summed E-state index contributed by atoms with van der Waals surface area (Å²) in [6.07, 6.45) is 7.73. The molecule has 0 saturated carbocycles. The molecule has 0 atom stereocenters. The van der Waals surface area contributed by atoms with Gasteiger partial charge in [0.25, 0.3) is 0 Å². The van der Waals surface area contributed by atoms with Crippen molar-refractivity contribution in [2.24, 2.45) is 0 Å². The lowest BCUT2D eigenvalue weighted by atomic mass is 9.97. The molecule has 0 spiro atoms. The first-order valence-corrected chi connectivity index (χ1v) is 8.79. The third-order valence-corrected chi connectivity index (χ3v) is 5.45. The van der Waals surface area contributed by atoms with Gasteiger partial charge in [0.15, 0.2) is 0 Å². The van der Waals surface area contributed by atoms with Gasteiger partial charge in [-0.2, -0.15) is 0 Å². The van der Waals surface area contributed by atoms with E-state index in [1.54, 1.807) is 19.1 Å². The van der Waals surface area contributed by atoms with E-state index in [1.807, 2.05) is 0 Å². The lowest BCUT2D eigenvalue weighted by Crippen LogP contribution is -2.25. The van der Waals surface area contributed by atoms with Gasteiger partial charge in [0.1, 0.15) is 0 Å². The van der Waals surface area contributed by atoms with Gasteiger partial charge >= 0.3 is 0 Å². The molecule has 0 aromatic heterocycles. The Kier molecular flexibility index (Phi) is 5.24. The van der Waals surface area contributed by atoms with Gasteiger partial charge in [-0.25, -0.2) is 13.1 Å². The van der Waals surface area contributed by atoms with Crippen molar-refractivity contribution in [2.75, 3.05) is 6.54 Å². The van der Waals surface area contributed by atoms with Crippen molar-refractivity contribution in [1.29, 1.82) is 0 Å². The molecule has 0 aliphatic heterocycles. The highest BCUT2D eigenvalue weighted by atomic mass is 35.5. The van der Waals surface area contributed by atoms with Gasteiger partial charge in [0.05, 0.1) is 4.90 Å². The van der Waals surface area contributed by atoms with E-state index in [-0.39, 0.29) is 4.90 Å². The van der Waals surface area contributed by atoms with E-state index in [0.29, 0.717) is 11.6 Å². The van der Waals surface area contributed by atoms with Gasteiger partial charge in [0, 0.05) is 11.6 Å². The highest BCUT2D eigenvalue weighted by molar-refractivity contribution is 7.89. The van der Waals surface area contributed by atoms with Crippen LogP contribution in [0.15, 0.2) is 34.7 Å². The van der Waals surface area contributed by atoms with Crippen LogP contribution in [0, 0.1) is 6.92 Å². The second kappa shape index (κ2) is 6.74. The van der Waals surface area contributed by atoms with E-state index in [9.17, 15) is 8.42 Å². The molecule has 110 valence electrons. The van der Waals surface area contributed by atoms with E-state index in [2.05, 4.69) is 10.8 Å². The fourth-order valence-corrected chi connectivity index (χ4v) is 3.58. The molecule has 1 aliphatic rings. The molecule has 0 unspecified atom stereocenters. The Bertz CT molecular complexity index is 608. The number of rotatable bonds is 5. The highest BCUT2D eigenvalue weighted by Gasteiger charge is 2.14. The van der Waals surface area contributed by atoms with Crippen LogP contribution in [0.4, 0.5) is 0 Å². The number of hydrogen-bond acceptors (Lipinski definition) is 2. The van der Waals surface area contributed by atoms with Crippen LogP contribution in [0.5, 0.6) is 0 Å². The third kappa shape index (κ3) is 4.08. The Balaban J connectivity index is 1.96. The van der Waals surface area contributed by atoms with Crippen LogP contribution in [-0.4, -0.2) is 15.0 Å². The number of aryl methyl sites for hydroxylation is 1. The molecule has 20 heavy (non-hydrogen) atoms. The third-order valence-electron chi connectivity index (χ3n) is 3.56. The van der Waals surface area contributed by atoms with Gasteiger partial charge < -0.3 is 0 Å². The number of benzene rings is 1. The molecule has 1 aromatic carbocycles. The summed E-state index contributed by atoms with van der Waals surface area (Å²) in [4.78, 5) is 0.275. The molecule has 5 heteroatoms. The average molecular weight is 314 g/mol. The number of sulfonamides is 1. The molecule has 0 radical (unpaired) electrons. The zero-order valence-corrected chi connectivity index (χ0v) is 13.2. The molecular formula is C15H20ClNO2S. The first-order valence-electron chi connectivity index (χ1n) is 6.93. The van der Waals surface area contributed by atoms with E-state index in [1.165, 1.54) is 24.5 Å². The van der Waals surface area contributed by atoms with Crippen molar-refractivity contribution in [2.45, 2.75) is 43.9 Å². The summed E-state index contributed by atoms with van der Waals surface area (Å²) >= 11 is 5.91.